The first-order valence-corrected chi connectivity index (χ1v) is 17.5. The molecule has 1 heterocycles. The van der Waals surface area contributed by atoms with Crippen molar-refractivity contribution in [1.82, 2.24) is 0 Å². The maximum absolute atomic E-state index is 11.5. The monoisotopic (exact) mass is 628 g/mol. The molecule has 0 aromatic heterocycles. The average Bonchev–Trinajstić information content (AvgIpc) is 3.27. The molecule has 0 amide bonds. The third-order valence-electron chi connectivity index (χ3n) is 7.02. The fourth-order valence-electron chi connectivity index (χ4n) is 4.36. The maximum Gasteiger partial charge on any atom is 0.316 e. The molecule has 12 heteroatoms. The third kappa shape index (κ3) is 16.8. The van der Waals surface area contributed by atoms with Crippen molar-refractivity contribution in [2.24, 2.45) is 0 Å². The molecule has 2 N–H and O–H groups in total. The summed E-state index contributed by atoms with van der Waals surface area (Å²) < 4.78 is 59.6. The predicted molar refractivity (Wildman–Crippen MR) is 162 cm³/mol. The number of hydrogen-bond acceptors (Lipinski definition) is 10. The molecule has 0 radical (unpaired) electrons. The van der Waals surface area contributed by atoms with Crippen molar-refractivity contribution in [3.05, 3.63) is 0 Å². The molecule has 1 aliphatic heterocycles. The van der Waals surface area contributed by atoms with E-state index in [9.17, 15) is 14.6 Å². The van der Waals surface area contributed by atoms with E-state index in [-0.39, 0.29) is 19.8 Å². The van der Waals surface area contributed by atoms with Crippen molar-refractivity contribution in [3.8, 4) is 0 Å². The quantitative estimate of drug-likeness (QED) is 0.0853. The zero-order chi connectivity index (χ0) is 31.0. The first kappa shape index (κ1) is 39.9. The average molecular weight is 629 g/mol. The number of ether oxygens (including phenoxy) is 7. The normalized spacial score (nSPS) is 23.7. The Hall–Kier alpha value is -0.170. The minimum atomic E-state index is -3.16. The fourth-order valence-corrected chi connectivity index (χ4v) is 4.66. The van der Waals surface area contributed by atoms with Gasteiger partial charge in [-0.05, 0) is 32.1 Å². The van der Waals surface area contributed by atoms with Gasteiger partial charge < -0.3 is 47.7 Å². The van der Waals surface area contributed by atoms with Gasteiger partial charge in [-0.15, -0.1) is 0 Å². The molecule has 0 aliphatic carbocycles. The van der Waals surface area contributed by atoms with Crippen LogP contribution in [0.5, 0.6) is 0 Å². The zero-order valence-electron chi connectivity index (χ0n) is 26.8. The van der Waals surface area contributed by atoms with Crippen molar-refractivity contribution < 1.29 is 52.2 Å². The van der Waals surface area contributed by atoms with Gasteiger partial charge in [0.25, 0.3) is 0 Å². The van der Waals surface area contributed by atoms with Gasteiger partial charge >= 0.3 is 8.25 Å². The first-order valence-electron chi connectivity index (χ1n) is 16.3. The number of unbranched alkanes of at least 4 members (excludes halogenated alkanes) is 5. The van der Waals surface area contributed by atoms with E-state index in [2.05, 4.69) is 34.6 Å². The van der Waals surface area contributed by atoms with E-state index in [1.807, 2.05) is 0 Å². The molecule has 0 saturated carbocycles. The van der Waals surface area contributed by atoms with Crippen LogP contribution in [0.3, 0.4) is 0 Å². The number of aliphatic hydroxyl groups is 1. The molecule has 1 aliphatic rings. The van der Waals surface area contributed by atoms with Crippen LogP contribution in [0.4, 0.5) is 0 Å². The van der Waals surface area contributed by atoms with Crippen LogP contribution >= 0.6 is 8.25 Å². The second kappa shape index (κ2) is 26.1. The van der Waals surface area contributed by atoms with Gasteiger partial charge in [-0.2, -0.15) is 0 Å². The van der Waals surface area contributed by atoms with Crippen LogP contribution < -0.4 is 0 Å². The third-order valence-corrected chi connectivity index (χ3v) is 7.44. The molecule has 42 heavy (non-hydrogen) atoms. The molecule has 5 unspecified atom stereocenters. The highest BCUT2D eigenvalue weighted by Gasteiger charge is 2.46. The largest absolute Gasteiger partial charge is 0.387 e. The van der Waals surface area contributed by atoms with Gasteiger partial charge in [0.15, 0.2) is 6.29 Å². The van der Waals surface area contributed by atoms with E-state index in [1.54, 1.807) is 0 Å². The smallest absolute Gasteiger partial charge is 0.316 e. The number of aliphatic hydroxyl groups excluding tert-OH is 1. The van der Waals surface area contributed by atoms with Gasteiger partial charge in [0.1, 0.15) is 36.6 Å². The topological polar surface area (TPSA) is 131 Å². The van der Waals surface area contributed by atoms with Crippen molar-refractivity contribution >= 4 is 8.25 Å². The van der Waals surface area contributed by atoms with Crippen molar-refractivity contribution in [2.75, 3.05) is 52.9 Å². The van der Waals surface area contributed by atoms with Gasteiger partial charge in [0.05, 0.1) is 19.8 Å². The highest BCUT2D eigenvalue weighted by molar-refractivity contribution is 7.32. The molecule has 0 aromatic rings. The van der Waals surface area contributed by atoms with Gasteiger partial charge in [-0.3, -0.25) is 4.57 Å². The van der Waals surface area contributed by atoms with Crippen LogP contribution in [0.15, 0.2) is 0 Å². The summed E-state index contributed by atoms with van der Waals surface area (Å²) in [5.41, 5.74) is 0. The Morgan fingerprint density at radius 1 is 0.714 bits per heavy atom. The lowest BCUT2D eigenvalue weighted by atomic mass is 10.1. The molecular weight excluding hydrogens is 567 g/mol. The lowest BCUT2D eigenvalue weighted by Gasteiger charge is -2.34. The Morgan fingerprint density at radius 2 is 1.24 bits per heavy atom. The minimum absolute atomic E-state index is 0.0802. The van der Waals surface area contributed by atoms with E-state index in [0.717, 1.165) is 64.2 Å². The summed E-state index contributed by atoms with van der Waals surface area (Å²) in [5, 5.41) is 11.0. The van der Waals surface area contributed by atoms with E-state index < -0.39 is 51.2 Å². The second-order valence-corrected chi connectivity index (χ2v) is 11.6. The predicted octanol–water partition coefficient (Wildman–Crippen LogP) is 5.05. The molecule has 8 atom stereocenters. The van der Waals surface area contributed by atoms with Gasteiger partial charge in [0.2, 0.25) is 0 Å². The Balaban J connectivity index is 3.12. The molecule has 11 nitrogen and oxygen atoms in total. The summed E-state index contributed by atoms with van der Waals surface area (Å²) in [6.45, 7) is 13.1. The highest BCUT2D eigenvalue weighted by Crippen LogP contribution is 2.27. The summed E-state index contributed by atoms with van der Waals surface area (Å²) in [7, 11) is -3.16. The van der Waals surface area contributed by atoms with Crippen LogP contribution in [0.1, 0.15) is 98.8 Å². The van der Waals surface area contributed by atoms with E-state index in [4.69, 9.17) is 37.7 Å². The molecule has 252 valence electrons. The molecule has 1 saturated heterocycles. The molecule has 1 rings (SSSR count). The summed E-state index contributed by atoms with van der Waals surface area (Å²) in [5.74, 6) is 0. The van der Waals surface area contributed by atoms with Crippen LogP contribution in [0, 0.1) is 0 Å². The summed E-state index contributed by atoms with van der Waals surface area (Å²) in [6.07, 6.45) is 4.31. The Bertz CT molecular complexity index is 644. The molecule has 0 spiro atoms. The van der Waals surface area contributed by atoms with E-state index in [1.165, 1.54) is 0 Å². The van der Waals surface area contributed by atoms with E-state index in [0.29, 0.717) is 33.0 Å². The van der Waals surface area contributed by atoms with Crippen molar-refractivity contribution in [1.29, 1.82) is 0 Å². The maximum atomic E-state index is 11.5. The van der Waals surface area contributed by atoms with Crippen LogP contribution in [-0.4, -0.2) is 106 Å². The Morgan fingerprint density at radius 3 is 1.81 bits per heavy atom. The first-order chi connectivity index (χ1) is 20.4. The summed E-state index contributed by atoms with van der Waals surface area (Å²) in [4.78, 5) is 9.39. The Labute approximate surface area is 255 Å². The van der Waals surface area contributed by atoms with Gasteiger partial charge in [0, 0.05) is 33.0 Å². The van der Waals surface area contributed by atoms with Gasteiger partial charge in [-0.25, -0.2) is 0 Å². The standard InChI is InChI=1S/C30H61O11P/c1-6-11-16-34-21-24-27(31)29(38-20-15-10-5)30(41-24)39-22-25(35-17-12-7-2)28(37-19-14-9-4)26(23-40-42(32)33)36-18-13-8-3/h24-31,42H,6-23H2,1-5H3,(H,32,33)/t24-,25?,26?,27?,28?,29+,30-/m1/s1. The molecular formula is C30H61O11P. The van der Waals surface area contributed by atoms with E-state index >= 15 is 0 Å². The van der Waals surface area contributed by atoms with Crippen molar-refractivity contribution in [3.63, 3.8) is 0 Å². The lowest BCUT2D eigenvalue weighted by molar-refractivity contribution is -0.217. The van der Waals surface area contributed by atoms with Crippen LogP contribution in [-0.2, 0) is 42.2 Å². The second-order valence-electron chi connectivity index (χ2n) is 10.8. The number of rotatable bonds is 29. The zero-order valence-corrected chi connectivity index (χ0v) is 27.8. The summed E-state index contributed by atoms with van der Waals surface area (Å²) in [6, 6.07) is 0. The number of hydrogen-bond donors (Lipinski definition) is 2. The fraction of sp³-hybridized carbons (Fsp3) is 1.00. The minimum Gasteiger partial charge on any atom is -0.387 e. The van der Waals surface area contributed by atoms with Gasteiger partial charge in [-0.1, -0.05) is 66.7 Å². The van der Waals surface area contributed by atoms with Crippen LogP contribution in [0.25, 0.3) is 0 Å². The van der Waals surface area contributed by atoms with Crippen LogP contribution in [0.2, 0.25) is 0 Å². The molecule has 0 bridgehead atoms. The Kier molecular flexibility index (Phi) is 24.8. The SMILES string of the molecule is CCCCOC[C@H]1O[C@@H](OCC(OCCCC)C(OCCCC)C(CO[PH](=O)O)OCCCC)[C@@H](OCCCC)C1O. The molecule has 0 aromatic carbocycles. The highest BCUT2D eigenvalue weighted by atomic mass is 31.1. The molecule has 1 fully saturated rings. The summed E-state index contributed by atoms with van der Waals surface area (Å²) >= 11 is 0. The van der Waals surface area contributed by atoms with Crippen molar-refractivity contribution in [2.45, 2.75) is 142 Å². The lowest BCUT2D eigenvalue weighted by Crippen LogP contribution is -2.48.